The van der Waals surface area contributed by atoms with Gasteiger partial charge in [0.25, 0.3) is 5.91 Å². The molecule has 140 valence electrons. The number of piperidine rings is 1. The van der Waals surface area contributed by atoms with E-state index in [2.05, 4.69) is 26.3 Å². The molecule has 26 heavy (non-hydrogen) atoms. The van der Waals surface area contributed by atoms with Crippen molar-refractivity contribution in [3.05, 3.63) is 28.4 Å². The smallest absolute Gasteiger partial charge is 0.270 e. The minimum absolute atomic E-state index is 0.00622. The third-order valence-corrected chi connectivity index (χ3v) is 7.25. The Kier molecular flexibility index (Phi) is 4.36. The zero-order valence-electron chi connectivity index (χ0n) is 14.6. The molecular weight excluding hydrogens is 420 g/mol. The van der Waals surface area contributed by atoms with Crippen molar-refractivity contribution in [1.29, 1.82) is 0 Å². The van der Waals surface area contributed by atoms with Gasteiger partial charge in [-0.3, -0.25) is 9.48 Å². The van der Waals surface area contributed by atoms with Crippen LogP contribution in [0.25, 0.3) is 10.9 Å². The Labute approximate surface area is 160 Å². The van der Waals surface area contributed by atoms with E-state index in [0.717, 1.165) is 28.2 Å². The summed E-state index contributed by atoms with van der Waals surface area (Å²) in [4.78, 5) is 12.9. The molecule has 2 bridgehead atoms. The fourth-order valence-electron chi connectivity index (χ4n) is 4.49. The predicted molar refractivity (Wildman–Crippen MR) is 102 cm³/mol. The van der Waals surface area contributed by atoms with Crippen molar-refractivity contribution in [2.24, 2.45) is 7.05 Å². The lowest BCUT2D eigenvalue weighted by molar-refractivity contribution is 0.0901. The first-order valence-electron chi connectivity index (χ1n) is 8.65. The van der Waals surface area contributed by atoms with Crippen molar-refractivity contribution in [3.63, 3.8) is 0 Å². The number of sulfonamides is 1. The second-order valence-electron chi connectivity index (χ2n) is 7.25. The maximum atomic E-state index is 12.9. The summed E-state index contributed by atoms with van der Waals surface area (Å²) in [6, 6.07) is 5.64. The predicted octanol–water partition coefficient (Wildman–Crippen LogP) is 2.02. The highest BCUT2D eigenvalue weighted by atomic mass is 79.9. The van der Waals surface area contributed by atoms with E-state index in [1.807, 2.05) is 18.2 Å². The Morgan fingerprint density at radius 3 is 2.54 bits per heavy atom. The molecule has 2 aromatic rings. The molecule has 2 unspecified atom stereocenters. The molecule has 2 atom stereocenters. The summed E-state index contributed by atoms with van der Waals surface area (Å²) in [6.07, 6.45) is 4.34. The van der Waals surface area contributed by atoms with Gasteiger partial charge in [-0.05, 0) is 43.9 Å². The van der Waals surface area contributed by atoms with E-state index in [1.165, 1.54) is 6.26 Å². The molecule has 1 amide bonds. The van der Waals surface area contributed by atoms with E-state index in [1.54, 1.807) is 16.0 Å². The second-order valence-corrected chi connectivity index (χ2v) is 10.1. The Morgan fingerprint density at radius 2 is 1.92 bits per heavy atom. The van der Waals surface area contributed by atoms with Crippen LogP contribution >= 0.6 is 15.9 Å². The number of aryl methyl sites for hydroxylation is 1. The first-order valence-corrected chi connectivity index (χ1v) is 11.3. The van der Waals surface area contributed by atoms with Crippen LogP contribution in [0.5, 0.6) is 0 Å². The monoisotopic (exact) mass is 440 g/mol. The molecule has 3 heterocycles. The highest BCUT2D eigenvalue weighted by Crippen LogP contribution is 2.37. The Balaban J connectivity index is 1.55. The first kappa shape index (κ1) is 17.9. The molecule has 0 spiro atoms. The highest BCUT2D eigenvalue weighted by Gasteiger charge is 2.45. The van der Waals surface area contributed by atoms with Gasteiger partial charge in [0.1, 0.15) is 5.69 Å². The van der Waals surface area contributed by atoms with E-state index in [4.69, 9.17) is 0 Å². The quantitative estimate of drug-likeness (QED) is 0.790. The van der Waals surface area contributed by atoms with Gasteiger partial charge in [0, 0.05) is 35.0 Å². The van der Waals surface area contributed by atoms with Gasteiger partial charge >= 0.3 is 0 Å². The molecule has 1 N–H and O–H groups in total. The van der Waals surface area contributed by atoms with Crippen LogP contribution in [-0.2, 0) is 17.1 Å². The SMILES string of the molecule is Cn1nc2cc(Br)ccc2c1C(=O)NC1CC2CCC(C1)N2S(C)(=O)=O. The van der Waals surface area contributed by atoms with Crippen molar-refractivity contribution in [2.45, 2.75) is 43.8 Å². The van der Waals surface area contributed by atoms with Crippen LogP contribution in [0.3, 0.4) is 0 Å². The Hall–Kier alpha value is -1.45. The summed E-state index contributed by atoms with van der Waals surface area (Å²) in [5.41, 5.74) is 1.30. The zero-order valence-corrected chi connectivity index (χ0v) is 17.0. The number of hydrogen-bond acceptors (Lipinski definition) is 4. The molecule has 1 aromatic carbocycles. The normalized spacial score (nSPS) is 26.3. The third kappa shape index (κ3) is 3.05. The fraction of sp³-hybridized carbons (Fsp3) is 0.529. The number of benzene rings is 1. The maximum absolute atomic E-state index is 12.9. The molecule has 9 heteroatoms. The van der Waals surface area contributed by atoms with E-state index in [9.17, 15) is 13.2 Å². The number of fused-ring (bicyclic) bond motifs is 3. The number of carbonyl (C=O) groups excluding carboxylic acids is 1. The van der Waals surface area contributed by atoms with Gasteiger partial charge in [-0.25, -0.2) is 8.42 Å². The summed E-state index contributed by atoms with van der Waals surface area (Å²) in [6.45, 7) is 0. The standard InChI is InChI=1S/C17H21BrN4O3S/c1-21-16(14-6-3-10(18)7-15(14)20-21)17(23)19-11-8-12-4-5-13(9-11)22(12)26(2,24)25/h3,6-7,11-13H,4-5,8-9H2,1-2H3,(H,19,23). The van der Waals surface area contributed by atoms with Crippen molar-refractivity contribution >= 4 is 42.8 Å². The van der Waals surface area contributed by atoms with Crippen LogP contribution in [0.4, 0.5) is 0 Å². The van der Waals surface area contributed by atoms with E-state index >= 15 is 0 Å². The average molecular weight is 441 g/mol. The van der Waals surface area contributed by atoms with Crippen LogP contribution in [0.1, 0.15) is 36.2 Å². The molecule has 2 aliphatic heterocycles. The topological polar surface area (TPSA) is 84.3 Å². The molecule has 1 aromatic heterocycles. The average Bonchev–Trinajstić information content (AvgIpc) is 3.00. The van der Waals surface area contributed by atoms with Crippen LogP contribution in [0.15, 0.2) is 22.7 Å². The lowest BCUT2D eigenvalue weighted by Gasteiger charge is -2.37. The fourth-order valence-corrected chi connectivity index (χ4v) is 6.31. The molecule has 2 saturated heterocycles. The number of carbonyl (C=O) groups is 1. The number of amides is 1. The number of nitrogens with one attached hydrogen (secondary N) is 1. The van der Waals surface area contributed by atoms with Gasteiger partial charge in [-0.2, -0.15) is 9.40 Å². The lowest BCUT2D eigenvalue weighted by Crippen LogP contribution is -2.52. The Morgan fingerprint density at radius 1 is 1.27 bits per heavy atom. The molecular formula is C17H21BrN4O3S. The number of halogens is 1. The van der Waals surface area contributed by atoms with Crippen LogP contribution in [0.2, 0.25) is 0 Å². The van der Waals surface area contributed by atoms with E-state index in [-0.39, 0.29) is 24.0 Å². The highest BCUT2D eigenvalue weighted by molar-refractivity contribution is 9.10. The minimum Gasteiger partial charge on any atom is -0.348 e. The van der Waals surface area contributed by atoms with Crippen molar-refractivity contribution in [1.82, 2.24) is 19.4 Å². The van der Waals surface area contributed by atoms with Crippen LogP contribution < -0.4 is 5.32 Å². The molecule has 4 rings (SSSR count). The van der Waals surface area contributed by atoms with E-state index < -0.39 is 10.0 Å². The maximum Gasteiger partial charge on any atom is 0.270 e. The van der Waals surface area contributed by atoms with Gasteiger partial charge in [-0.15, -0.1) is 0 Å². The number of aromatic nitrogens is 2. The summed E-state index contributed by atoms with van der Waals surface area (Å²) in [5.74, 6) is -0.158. The van der Waals surface area contributed by atoms with Crippen LogP contribution in [0, 0.1) is 0 Å². The van der Waals surface area contributed by atoms with E-state index in [0.29, 0.717) is 18.5 Å². The number of rotatable bonds is 3. The van der Waals surface area contributed by atoms with Gasteiger partial charge < -0.3 is 5.32 Å². The largest absolute Gasteiger partial charge is 0.348 e. The van der Waals surface area contributed by atoms with Gasteiger partial charge in [0.05, 0.1) is 11.8 Å². The molecule has 0 radical (unpaired) electrons. The number of hydrogen-bond donors (Lipinski definition) is 1. The number of nitrogens with zero attached hydrogens (tertiary/aromatic N) is 3. The summed E-state index contributed by atoms with van der Waals surface area (Å²) >= 11 is 3.42. The summed E-state index contributed by atoms with van der Waals surface area (Å²) < 4.78 is 28.2. The molecule has 0 aliphatic carbocycles. The van der Waals surface area contributed by atoms with Gasteiger partial charge in [0.15, 0.2) is 0 Å². The zero-order chi connectivity index (χ0) is 18.6. The summed E-state index contributed by atoms with van der Waals surface area (Å²) in [7, 11) is -1.43. The molecule has 2 fully saturated rings. The van der Waals surface area contributed by atoms with Gasteiger partial charge in [-0.1, -0.05) is 15.9 Å². The van der Waals surface area contributed by atoms with Crippen LogP contribution in [-0.4, -0.2) is 52.8 Å². The van der Waals surface area contributed by atoms with Crippen molar-refractivity contribution in [2.75, 3.05) is 6.26 Å². The minimum atomic E-state index is -3.19. The van der Waals surface area contributed by atoms with Crippen molar-refractivity contribution < 1.29 is 13.2 Å². The summed E-state index contributed by atoms with van der Waals surface area (Å²) in [5, 5.41) is 8.33. The molecule has 7 nitrogen and oxygen atoms in total. The van der Waals surface area contributed by atoms with Gasteiger partial charge in [0.2, 0.25) is 10.0 Å². The van der Waals surface area contributed by atoms with Crippen molar-refractivity contribution in [3.8, 4) is 0 Å². The third-order valence-electron chi connectivity index (χ3n) is 5.40. The Bertz CT molecular complexity index is 973. The second kappa shape index (κ2) is 6.31. The lowest BCUT2D eigenvalue weighted by atomic mass is 9.99. The molecule has 2 aliphatic rings. The molecule has 0 saturated carbocycles. The first-order chi connectivity index (χ1) is 12.2.